The van der Waals surface area contributed by atoms with Crippen molar-refractivity contribution in [1.29, 1.82) is 0 Å². The molecule has 1 N–H and O–H groups in total. The topological polar surface area (TPSA) is 85.6 Å². The van der Waals surface area contributed by atoms with Crippen LogP contribution in [0.5, 0.6) is 0 Å². The van der Waals surface area contributed by atoms with Gasteiger partial charge in [0.2, 0.25) is 0 Å². The van der Waals surface area contributed by atoms with Gasteiger partial charge in [0, 0.05) is 6.20 Å². The zero-order valence-electron chi connectivity index (χ0n) is 12.0. The summed E-state index contributed by atoms with van der Waals surface area (Å²) in [5.41, 5.74) is 0.355. The number of hydrogen-bond donors (Lipinski definition) is 1. The van der Waals surface area contributed by atoms with Crippen LogP contribution < -0.4 is 5.32 Å². The number of carbonyl (C=O) groups excluding carboxylic acids is 1. The number of hydrogen-bond acceptors (Lipinski definition) is 5. The summed E-state index contributed by atoms with van der Waals surface area (Å²) in [6.07, 6.45) is 7.83. The number of carbonyl (C=O) groups is 1. The first kappa shape index (κ1) is 13.7. The molecule has 21 heavy (non-hydrogen) atoms. The van der Waals surface area contributed by atoms with Crippen molar-refractivity contribution in [3.63, 3.8) is 0 Å². The first-order chi connectivity index (χ1) is 10.2. The number of nitrogens with zero attached hydrogens (tertiary/aromatic N) is 5. The number of rotatable bonds is 3. The highest BCUT2D eigenvalue weighted by atomic mass is 16.2. The summed E-state index contributed by atoms with van der Waals surface area (Å²) >= 11 is 0. The van der Waals surface area contributed by atoms with Gasteiger partial charge in [-0.05, 0) is 47.9 Å². The van der Waals surface area contributed by atoms with E-state index in [4.69, 9.17) is 0 Å². The van der Waals surface area contributed by atoms with Crippen LogP contribution in [0.1, 0.15) is 37.7 Å². The van der Waals surface area contributed by atoms with Crippen molar-refractivity contribution in [1.82, 2.24) is 25.2 Å². The van der Waals surface area contributed by atoms with Gasteiger partial charge in [-0.2, -0.15) is 0 Å². The number of tetrazole rings is 1. The fourth-order valence-corrected chi connectivity index (χ4v) is 2.89. The summed E-state index contributed by atoms with van der Waals surface area (Å²) in [4.78, 5) is 17.0. The number of aromatic nitrogens is 5. The average molecular weight is 286 g/mol. The molecular formula is C14H18N6O. The Balaban J connectivity index is 1.88. The number of aryl methyl sites for hydroxylation is 1. The maximum Gasteiger partial charge on any atom is 0.253 e. The van der Waals surface area contributed by atoms with Crippen molar-refractivity contribution in [3.8, 4) is 0 Å². The third kappa shape index (κ3) is 2.63. The minimum Gasteiger partial charge on any atom is -0.309 e. The zero-order valence-corrected chi connectivity index (χ0v) is 12.0. The molecule has 7 heteroatoms. The summed E-state index contributed by atoms with van der Waals surface area (Å²) in [5, 5.41) is 14.2. The smallest absolute Gasteiger partial charge is 0.253 e. The Bertz CT molecular complexity index is 618. The molecule has 1 aliphatic rings. The van der Waals surface area contributed by atoms with E-state index in [1.807, 2.05) is 19.1 Å². The van der Waals surface area contributed by atoms with Gasteiger partial charge < -0.3 is 5.32 Å². The van der Waals surface area contributed by atoms with Gasteiger partial charge in [0.05, 0.1) is 0 Å². The van der Waals surface area contributed by atoms with Crippen LogP contribution in [0.3, 0.4) is 0 Å². The molecule has 2 heterocycles. The summed E-state index contributed by atoms with van der Waals surface area (Å²) in [6, 6.07) is 3.75. The molecule has 1 aliphatic carbocycles. The first-order valence-corrected chi connectivity index (χ1v) is 7.18. The van der Waals surface area contributed by atoms with Crippen LogP contribution in [0.25, 0.3) is 0 Å². The van der Waals surface area contributed by atoms with Crippen molar-refractivity contribution in [2.75, 3.05) is 5.32 Å². The predicted molar refractivity (Wildman–Crippen MR) is 76.5 cm³/mol. The van der Waals surface area contributed by atoms with Gasteiger partial charge in [0.15, 0.2) is 0 Å². The second-order valence-electron chi connectivity index (χ2n) is 5.52. The third-order valence-corrected chi connectivity index (χ3v) is 4.05. The van der Waals surface area contributed by atoms with Crippen LogP contribution in [0.15, 0.2) is 24.7 Å². The highest BCUT2D eigenvalue weighted by Crippen LogP contribution is 2.35. The number of nitrogens with one attached hydrogen (secondary N) is 1. The third-order valence-electron chi connectivity index (χ3n) is 4.05. The molecule has 0 aliphatic heterocycles. The van der Waals surface area contributed by atoms with E-state index in [-0.39, 0.29) is 5.91 Å². The van der Waals surface area contributed by atoms with E-state index in [0.717, 1.165) is 37.7 Å². The maximum absolute atomic E-state index is 12.8. The van der Waals surface area contributed by atoms with E-state index < -0.39 is 5.54 Å². The second kappa shape index (κ2) is 5.59. The van der Waals surface area contributed by atoms with Crippen molar-refractivity contribution < 1.29 is 4.79 Å². The predicted octanol–water partition coefficient (Wildman–Crippen LogP) is 1.67. The average Bonchev–Trinajstić information content (AvgIpc) is 3.02. The van der Waals surface area contributed by atoms with Gasteiger partial charge in [-0.1, -0.05) is 19.3 Å². The number of anilines is 1. The van der Waals surface area contributed by atoms with Crippen LogP contribution in [0.4, 0.5) is 5.82 Å². The van der Waals surface area contributed by atoms with Crippen molar-refractivity contribution in [2.45, 2.75) is 44.6 Å². The van der Waals surface area contributed by atoms with E-state index >= 15 is 0 Å². The van der Waals surface area contributed by atoms with E-state index in [1.165, 1.54) is 6.33 Å². The molecule has 0 saturated heterocycles. The molecular weight excluding hydrogens is 268 g/mol. The van der Waals surface area contributed by atoms with Crippen molar-refractivity contribution in [3.05, 3.63) is 30.2 Å². The Labute approximate surface area is 122 Å². The monoisotopic (exact) mass is 286 g/mol. The Morgan fingerprint density at radius 3 is 2.81 bits per heavy atom. The van der Waals surface area contributed by atoms with Crippen LogP contribution in [0, 0.1) is 6.92 Å². The summed E-state index contributed by atoms with van der Waals surface area (Å²) in [5.74, 6) is 0.477. The van der Waals surface area contributed by atoms with Gasteiger partial charge in [-0.15, -0.1) is 5.10 Å². The fraction of sp³-hybridized carbons (Fsp3) is 0.500. The summed E-state index contributed by atoms with van der Waals surface area (Å²) < 4.78 is 1.59. The van der Waals surface area contributed by atoms with E-state index in [1.54, 1.807) is 10.9 Å². The molecule has 0 atom stereocenters. The summed E-state index contributed by atoms with van der Waals surface area (Å²) in [7, 11) is 0. The van der Waals surface area contributed by atoms with Gasteiger partial charge in [0.25, 0.3) is 5.91 Å². The highest BCUT2D eigenvalue weighted by Gasteiger charge is 2.42. The van der Waals surface area contributed by atoms with E-state index in [9.17, 15) is 4.79 Å². The highest BCUT2D eigenvalue weighted by molar-refractivity contribution is 5.96. The molecule has 1 fully saturated rings. The standard InChI is InChI=1S/C14H18N6O/c1-11-5-8-15-12(9-11)17-13(21)14(6-3-2-4-7-14)20-10-16-18-19-20/h5,8-10H,2-4,6-7H2,1H3,(H,15,17,21). The van der Waals surface area contributed by atoms with Crippen LogP contribution in [0.2, 0.25) is 0 Å². The molecule has 2 aromatic heterocycles. The minimum atomic E-state index is -0.701. The lowest BCUT2D eigenvalue weighted by Crippen LogP contribution is -2.47. The molecule has 0 aromatic carbocycles. The van der Waals surface area contributed by atoms with Gasteiger partial charge >= 0.3 is 0 Å². The quantitative estimate of drug-likeness (QED) is 0.927. The Morgan fingerprint density at radius 2 is 2.14 bits per heavy atom. The van der Waals surface area contributed by atoms with E-state index in [0.29, 0.717) is 5.82 Å². The normalized spacial score (nSPS) is 17.4. The van der Waals surface area contributed by atoms with Gasteiger partial charge in [0.1, 0.15) is 17.7 Å². The first-order valence-electron chi connectivity index (χ1n) is 7.18. The molecule has 1 amide bonds. The summed E-state index contributed by atoms with van der Waals surface area (Å²) in [6.45, 7) is 1.97. The molecule has 0 radical (unpaired) electrons. The van der Waals surface area contributed by atoms with E-state index in [2.05, 4.69) is 25.8 Å². The van der Waals surface area contributed by atoms with Crippen molar-refractivity contribution >= 4 is 11.7 Å². The van der Waals surface area contributed by atoms with Crippen LogP contribution in [-0.4, -0.2) is 31.1 Å². The number of amides is 1. The Hall–Kier alpha value is -2.31. The zero-order chi connectivity index (χ0) is 14.7. The van der Waals surface area contributed by atoms with Gasteiger partial charge in [-0.3, -0.25) is 4.79 Å². The molecule has 7 nitrogen and oxygen atoms in total. The second-order valence-corrected chi connectivity index (χ2v) is 5.52. The SMILES string of the molecule is Cc1ccnc(NC(=O)C2(n3cnnn3)CCCCC2)c1. The Morgan fingerprint density at radius 1 is 1.33 bits per heavy atom. The molecule has 3 rings (SSSR count). The molecule has 0 spiro atoms. The molecule has 0 unspecified atom stereocenters. The van der Waals surface area contributed by atoms with Crippen molar-refractivity contribution in [2.24, 2.45) is 0 Å². The van der Waals surface area contributed by atoms with Crippen LogP contribution >= 0.6 is 0 Å². The van der Waals surface area contributed by atoms with Crippen LogP contribution in [-0.2, 0) is 10.3 Å². The lowest BCUT2D eigenvalue weighted by Gasteiger charge is -2.34. The van der Waals surface area contributed by atoms with Gasteiger partial charge in [-0.25, -0.2) is 9.67 Å². The Kier molecular flexibility index (Phi) is 3.64. The molecule has 1 saturated carbocycles. The largest absolute Gasteiger partial charge is 0.309 e. The minimum absolute atomic E-state index is 0.0902. The maximum atomic E-state index is 12.8. The molecule has 2 aromatic rings. The lowest BCUT2D eigenvalue weighted by molar-refractivity contribution is -0.126. The lowest BCUT2D eigenvalue weighted by atomic mass is 9.81. The number of pyridine rings is 1. The molecule has 110 valence electrons. The molecule has 0 bridgehead atoms. The fourth-order valence-electron chi connectivity index (χ4n) is 2.89.